The zero-order chi connectivity index (χ0) is 13.6. The summed E-state index contributed by atoms with van der Waals surface area (Å²) in [5, 5.41) is 10.0. The van der Waals surface area contributed by atoms with Crippen LogP contribution in [-0.4, -0.2) is 0 Å². The van der Waals surface area contributed by atoms with Gasteiger partial charge in [-0.05, 0) is 55.4 Å². The maximum atomic E-state index is 9.38. The maximum absolute atomic E-state index is 9.38. The maximum Gasteiger partial charge on any atom is 0.105 e. The van der Waals surface area contributed by atoms with Crippen LogP contribution in [0.2, 0.25) is 0 Å². The van der Waals surface area contributed by atoms with Crippen LogP contribution in [0, 0.1) is 25.2 Å². The average molecular weight is 268 g/mol. The van der Waals surface area contributed by atoms with E-state index in [0.29, 0.717) is 10.6 Å². The number of benzene rings is 1. The number of nitriles is 1. The van der Waals surface area contributed by atoms with E-state index in [1.165, 1.54) is 27.1 Å². The highest BCUT2D eigenvalue weighted by Crippen LogP contribution is 2.43. The molecule has 0 radical (unpaired) electrons. The summed E-state index contributed by atoms with van der Waals surface area (Å²) < 4.78 is 0. The zero-order valence-corrected chi connectivity index (χ0v) is 12.0. The van der Waals surface area contributed by atoms with Crippen molar-refractivity contribution >= 4 is 16.3 Å². The normalized spacial score (nSPS) is 13.3. The summed E-state index contributed by atoms with van der Waals surface area (Å²) in [6.07, 6.45) is 3.24. The lowest BCUT2D eigenvalue weighted by Gasteiger charge is -2.11. The van der Waals surface area contributed by atoms with E-state index in [2.05, 4.69) is 32.0 Å². The topological polar surface area (TPSA) is 49.8 Å². The molecular formula is C16H16N2S. The SMILES string of the molecule is Cc1cc2c(cc1C)-c1c(sc(N)c1C#N)CCC2. The fraction of sp³-hybridized carbons (Fsp3) is 0.312. The van der Waals surface area contributed by atoms with Crippen LogP contribution in [0.4, 0.5) is 5.00 Å². The minimum absolute atomic E-state index is 0.665. The molecule has 2 aromatic rings. The molecule has 96 valence electrons. The van der Waals surface area contributed by atoms with Crippen molar-refractivity contribution < 1.29 is 0 Å². The second kappa shape index (κ2) is 4.40. The third kappa shape index (κ3) is 1.84. The van der Waals surface area contributed by atoms with Crippen molar-refractivity contribution in [1.29, 1.82) is 5.26 Å². The summed E-state index contributed by atoms with van der Waals surface area (Å²) in [7, 11) is 0. The Morgan fingerprint density at radius 3 is 2.68 bits per heavy atom. The molecular weight excluding hydrogens is 252 g/mol. The van der Waals surface area contributed by atoms with Gasteiger partial charge in [-0.25, -0.2) is 0 Å². The lowest BCUT2D eigenvalue weighted by atomic mass is 9.93. The van der Waals surface area contributed by atoms with E-state index in [9.17, 15) is 5.26 Å². The number of nitrogens with zero attached hydrogens (tertiary/aromatic N) is 1. The van der Waals surface area contributed by atoms with Crippen molar-refractivity contribution in [3.8, 4) is 17.2 Å². The smallest absolute Gasteiger partial charge is 0.105 e. The first-order chi connectivity index (χ1) is 9.11. The molecule has 2 N–H and O–H groups in total. The fourth-order valence-corrected chi connectivity index (χ4v) is 3.90. The Bertz CT molecular complexity index is 705. The predicted octanol–water partition coefficient (Wildman–Crippen LogP) is 3.97. The molecule has 1 aliphatic carbocycles. The highest BCUT2D eigenvalue weighted by Gasteiger charge is 2.23. The Morgan fingerprint density at radius 2 is 1.95 bits per heavy atom. The zero-order valence-electron chi connectivity index (χ0n) is 11.2. The van der Waals surface area contributed by atoms with Gasteiger partial charge in [-0.2, -0.15) is 5.26 Å². The largest absolute Gasteiger partial charge is 0.389 e. The minimum atomic E-state index is 0.665. The Kier molecular flexibility index (Phi) is 2.83. The summed E-state index contributed by atoms with van der Waals surface area (Å²) in [4.78, 5) is 1.27. The van der Waals surface area contributed by atoms with E-state index in [0.717, 1.165) is 24.8 Å². The van der Waals surface area contributed by atoms with Crippen LogP contribution in [0.25, 0.3) is 11.1 Å². The first kappa shape index (κ1) is 12.3. The van der Waals surface area contributed by atoms with E-state index in [4.69, 9.17) is 5.73 Å². The van der Waals surface area contributed by atoms with Gasteiger partial charge in [0.25, 0.3) is 0 Å². The molecule has 2 nitrogen and oxygen atoms in total. The van der Waals surface area contributed by atoms with Crippen molar-refractivity contribution in [3.63, 3.8) is 0 Å². The number of anilines is 1. The summed E-state index contributed by atoms with van der Waals surface area (Å²) in [5.74, 6) is 0. The van der Waals surface area contributed by atoms with E-state index >= 15 is 0 Å². The molecule has 0 spiro atoms. The second-order valence-electron chi connectivity index (χ2n) is 5.20. The summed E-state index contributed by atoms with van der Waals surface area (Å²) in [6.45, 7) is 4.27. The number of fused-ring (bicyclic) bond motifs is 3. The van der Waals surface area contributed by atoms with Gasteiger partial charge in [0.15, 0.2) is 0 Å². The Balaban J connectivity index is 2.36. The third-order valence-electron chi connectivity index (χ3n) is 3.96. The van der Waals surface area contributed by atoms with Gasteiger partial charge in [-0.1, -0.05) is 12.1 Å². The molecule has 0 aliphatic heterocycles. The van der Waals surface area contributed by atoms with Crippen LogP contribution < -0.4 is 5.73 Å². The van der Waals surface area contributed by atoms with Gasteiger partial charge in [0.05, 0.1) is 5.56 Å². The highest BCUT2D eigenvalue weighted by atomic mass is 32.1. The fourth-order valence-electron chi connectivity index (χ4n) is 2.82. The second-order valence-corrected chi connectivity index (χ2v) is 6.34. The quantitative estimate of drug-likeness (QED) is 0.785. The molecule has 1 aromatic heterocycles. The Hall–Kier alpha value is -1.79. The van der Waals surface area contributed by atoms with E-state index in [1.807, 2.05) is 0 Å². The molecule has 3 rings (SSSR count). The highest BCUT2D eigenvalue weighted by molar-refractivity contribution is 7.16. The van der Waals surface area contributed by atoms with Crippen LogP contribution in [0.5, 0.6) is 0 Å². The molecule has 0 fully saturated rings. The molecule has 0 saturated carbocycles. The van der Waals surface area contributed by atoms with Gasteiger partial charge in [0.1, 0.15) is 11.1 Å². The molecule has 1 heterocycles. The van der Waals surface area contributed by atoms with Gasteiger partial charge < -0.3 is 5.73 Å². The van der Waals surface area contributed by atoms with Gasteiger partial charge in [-0.3, -0.25) is 0 Å². The van der Waals surface area contributed by atoms with Crippen LogP contribution in [0.3, 0.4) is 0 Å². The number of nitrogens with two attached hydrogens (primary N) is 1. The van der Waals surface area contributed by atoms with Gasteiger partial charge in [-0.15, -0.1) is 11.3 Å². The molecule has 3 heteroatoms. The molecule has 0 bridgehead atoms. The molecule has 1 aromatic carbocycles. The number of thiophene rings is 1. The minimum Gasteiger partial charge on any atom is -0.389 e. The molecule has 0 atom stereocenters. The molecule has 1 aliphatic rings. The molecule has 0 saturated heterocycles. The van der Waals surface area contributed by atoms with E-state index in [-0.39, 0.29) is 0 Å². The van der Waals surface area contributed by atoms with Crippen molar-refractivity contribution in [1.82, 2.24) is 0 Å². The lowest BCUT2D eigenvalue weighted by molar-refractivity contribution is 0.843. The molecule has 0 amide bonds. The number of rotatable bonds is 0. The molecule has 19 heavy (non-hydrogen) atoms. The lowest BCUT2D eigenvalue weighted by Crippen LogP contribution is -1.93. The first-order valence-electron chi connectivity index (χ1n) is 6.53. The number of hydrogen-bond acceptors (Lipinski definition) is 3. The van der Waals surface area contributed by atoms with Gasteiger partial charge >= 0.3 is 0 Å². The van der Waals surface area contributed by atoms with Crippen molar-refractivity contribution in [2.45, 2.75) is 33.1 Å². The van der Waals surface area contributed by atoms with Crippen LogP contribution >= 0.6 is 11.3 Å². The third-order valence-corrected chi connectivity index (χ3v) is 5.04. The number of nitrogen functional groups attached to an aromatic ring is 1. The summed E-state index contributed by atoms with van der Waals surface area (Å²) in [5.41, 5.74) is 13.0. The van der Waals surface area contributed by atoms with E-state index in [1.54, 1.807) is 11.3 Å². The standard InChI is InChI=1S/C16H16N2S/c1-9-6-11-4-3-5-14-15(12(11)7-10(9)2)13(8-17)16(18)19-14/h6-7H,3-5,18H2,1-2H3. The van der Waals surface area contributed by atoms with Gasteiger partial charge in [0, 0.05) is 10.4 Å². The number of hydrogen-bond donors (Lipinski definition) is 1. The van der Waals surface area contributed by atoms with Crippen molar-refractivity contribution in [2.24, 2.45) is 0 Å². The Labute approximate surface area is 117 Å². The first-order valence-corrected chi connectivity index (χ1v) is 7.35. The van der Waals surface area contributed by atoms with Crippen molar-refractivity contribution in [3.05, 3.63) is 39.3 Å². The summed E-state index contributed by atoms with van der Waals surface area (Å²) in [6, 6.07) is 6.79. The Morgan fingerprint density at radius 1 is 1.21 bits per heavy atom. The van der Waals surface area contributed by atoms with Crippen LogP contribution in [-0.2, 0) is 12.8 Å². The predicted molar refractivity (Wildman–Crippen MR) is 80.4 cm³/mol. The monoisotopic (exact) mass is 268 g/mol. The van der Waals surface area contributed by atoms with E-state index < -0.39 is 0 Å². The average Bonchev–Trinajstić information content (AvgIpc) is 2.60. The van der Waals surface area contributed by atoms with Crippen LogP contribution in [0.15, 0.2) is 12.1 Å². The van der Waals surface area contributed by atoms with Crippen LogP contribution in [0.1, 0.15) is 33.6 Å². The van der Waals surface area contributed by atoms with Gasteiger partial charge in [0.2, 0.25) is 0 Å². The van der Waals surface area contributed by atoms with Crippen molar-refractivity contribution in [2.75, 3.05) is 5.73 Å². The molecule has 0 unspecified atom stereocenters. The summed E-state index contributed by atoms with van der Waals surface area (Å²) >= 11 is 1.58. The number of aryl methyl sites for hydroxylation is 4.